The van der Waals surface area contributed by atoms with Gasteiger partial charge in [-0.2, -0.15) is 0 Å². The number of carbonyl (C=O) groups excluding carboxylic acids is 2. The number of halogens is 3. The molecular weight excluding hydrogens is 579 g/mol. The van der Waals surface area contributed by atoms with E-state index in [4.69, 9.17) is 10.7 Å². The predicted molar refractivity (Wildman–Crippen MR) is 154 cm³/mol. The average molecular weight is 606 g/mol. The van der Waals surface area contributed by atoms with E-state index in [1.165, 1.54) is 18.2 Å². The third-order valence-electron chi connectivity index (χ3n) is 7.78. The Labute approximate surface area is 248 Å². The second-order valence-corrected chi connectivity index (χ2v) is 11.5. The molecule has 2 aliphatic heterocycles. The number of hydrogen-bond donors (Lipinski definition) is 3. The Balaban J connectivity index is 1.39. The highest BCUT2D eigenvalue weighted by molar-refractivity contribution is 7.17. The van der Waals surface area contributed by atoms with Crippen molar-refractivity contribution in [1.82, 2.24) is 15.2 Å². The van der Waals surface area contributed by atoms with Crippen LogP contribution >= 0.6 is 11.3 Å². The zero-order valence-electron chi connectivity index (χ0n) is 22.7. The lowest BCUT2D eigenvalue weighted by molar-refractivity contribution is 0.0776. The summed E-state index contributed by atoms with van der Waals surface area (Å²) >= 11 is 1.12. The van der Waals surface area contributed by atoms with Crippen molar-refractivity contribution in [1.29, 1.82) is 0 Å². The summed E-state index contributed by atoms with van der Waals surface area (Å²) in [5, 5.41) is 15.7. The Morgan fingerprint density at radius 1 is 1.05 bits per heavy atom. The highest BCUT2D eigenvalue weighted by atomic mass is 32.1. The van der Waals surface area contributed by atoms with Gasteiger partial charge in [-0.3, -0.25) is 14.6 Å². The van der Waals surface area contributed by atoms with Gasteiger partial charge in [0.1, 0.15) is 5.82 Å². The molecule has 4 heterocycles. The first-order valence-electron chi connectivity index (χ1n) is 13.7. The van der Waals surface area contributed by atoms with Crippen molar-refractivity contribution in [2.75, 3.05) is 6.54 Å². The van der Waals surface area contributed by atoms with Crippen LogP contribution in [0.5, 0.6) is 0 Å². The van der Waals surface area contributed by atoms with Crippen LogP contribution in [-0.2, 0) is 19.4 Å². The summed E-state index contributed by atoms with van der Waals surface area (Å²) in [6.45, 7) is 0.567. The minimum atomic E-state index is -1.01. The summed E-state index contributed by atoms with van der Waals surface area (Å²) in [4.78, 5) is 34.3. The standard InChI is InChI=1S/C31H26F3N5O3S/c32-18-7-3-16(4-8-18)6-10-21-25(29(35)38-42)26(27-28(37-21)22-2-1-13-39(22)31(27)41)23-11-12-24(43-23)30(40)36-15-17-5-9-19(33)20(34)14-17/h3-5,7-9,11-12,14,22,42H,1-2,6,10,13,15H2,(H2,35,38)(H,36,40)/t22-/m0/s1. The van der Waals surface area contributed by atoms with Crippen LogP contribution in [0.1, 0.15) is 67.0 Å². The fourth-order valence-corrected chi connectivity index (χ4v) is 6.71. The van der Waals surface area contributed by atoms with E-state index in [0.29, 0.717) is 62.8 Å². The molecule has 2 aromatic carbocycles. The molecule has 8 nitrogen and oxygen atoms in total. The molecule has 1 fully saturated rings. The Hall–Kier alpha value is -4.71. The van der Waals surface area contributed by atoms with E-state index in [1.807, 2.05) is 0 Å². The number of pyridine rings is 1. The highest BCUT2D eigenvalue weighted by Gasteiger charge is 2.44. The summed E-state index contributed by atoms with van der Waals surface area (Å²) in [6, 6.07) is 12.6. The van der Waals surface area contributed by atoms with E-state index in [9.17, 15) is 28.0 Å². The predicted octanol–water partition coefficient (Wildman–Crippen LogP) is 5.33. The number of nitrogens with two attached hydrogens (primary N) is 1. The van der Waals surface area contributed by atoms with Crippen molar-refractivity contribution in [2.45, 2.75) is 38.3 Å². The monoisotopic (exact) mass is 605 g/mol. The number of aromatic nitrogens is 1. The van der Waals surface area contributed by atoms with Crippen molar-refractivity contribution >= 4 is 29.0 Å². The number of rotatable bonds is 8. The molecule has 0 spiro atoms. The minimum Gasteiger partial charge on any atom is -0.409 e. The third kappa shape index (κ3) is 5.34. The molecule has 2 aliphatic rings. The van der Waals surface area contributed by atoms with E-state index in [0.717, 1.165) is 41.9 Å². The van der Waals surface area contributed by atoms with Crippen LogP contribution in [-0.4, -0.2) is 39.3 Å². The number of benzene rings is 2. The number of nitrogens with zero attached hydrogens (tertiary/aromatic N) is 3. The molecule has 2 aromatic heterocycles. The van der Waals surface area contributed by atoms with Gasteiger partial charge >= 0.3 is 0 Å². The Kier molecular flexibility index (Phi) is 7.61. The van der Waals surface area contributed by atoms with Gasteiger partial charge in [0.25, 0.3) is 11.8 Å². The first-order valence-corrected chi connectivity index (χ1v) is 14.5. The number of aryl methyl sites for hydroxylation is 2. The smallest absolute Gasteiger partial charge is 0.261 e. The van der Waals surface area contributed by atoms with E-state index in [1.54, 1.807) is 29.2 Å². The lowest BCUT2D eigenvalue weighted by atomic mass is 9.92. The maximum Gasteiger partial charge on any atom is 0.261 e. The van der Waals surface area contributed by atoms with Gasteiger partial charge in [0, 0.05) is 23.5 Å². The van der Waals surface area contributed by atoms with Crippen molar-refractivity contribution < 1.29 is 28.0 Å². The van der Waals surface area contributed by atoms with Gasteiger partial charge in [-0.15, -0.1) is 11.3 Å². The first kappa shape index (κ1) is 28.4. The van der Waals surface area contributed by atoms with E-state index >= 15 is 0 Å². The summed E-state index contributed by atoms with van der Waals surface area (Å²) in [6.07, 6.45) is 2.46. The van der Waals surface area contributed by atoms with Crippen LogP contribution in [0, 0.1) is 17.5 Å². The van der Waals surface area contributed by atoms with Crippen molar-refractivity contribution in [3.05, 3.63) is 111 Å². The molecule has 1 saturated heterocycles. The molecule has 0 unspecified atom stereocenters. The second-order valence-electron chi connectivity index (χ2n) is 10.4. The number of carbonyl (C=O) groups is 2. The zero-order chi connectivity index (χ0) is 30.2. The van der Waals surface area contributed by atoms with Gasteiger partial charge in [0.05, 0.1) is 33.4 Å². The molecule has 0 saturated carbocycles. The number of amides is 2. The van der Waals surface area contributed by atoms with Crippen LogP contribution < -0.4 is 11.1 Å². The van der Waals surface area contributed by atoms with Crippen molar-refractivity contribution in [2.24, 2.45) is 10.9 Å². The van der Waals surface area contributed by atoms with Crippen molar-refractivity contribution in [3.8, 4) is 10.4 Å². The molecule has 2 amide bonds. The number of thiophene rings is 1. The maximum atomic E-state index is 13.7. The molecule has 220 valence electrons. The molecule has 4 aromatic rings. The lowest BCUT2D eigenvalue weighted by Crippen LogP contribution is -2.23. The summed E-state index contributed by atoms with van der Waals surface area (Å²) in [5.41, 5.74) is 9.74. The average Bonchev–Trinajstić information content (AvgIpc) is 3.75. The van der Waals surface area contributed by atoms with Crippen LogP contribution in [0.15, 0.2) is 59.8 Å². The molecule has 6 rings (SSSR count). The summed E-state index contributed by atoms with van der Waals surface area (Å²) in [5.74, 6) is -3.20. The van der Waals surface area contributed by atoms with Crippen LogP contribution in [0.3, 0.4) is 0 Å². The molecule has 4 N–H and O–H groups in total. The normalized spacial score (nSPS) is 16.0. The fraction of sp³-hybridized carbons (Fsp3) is 0.226. The zero-order valence-corrected chi connectivity index (χ0v) is 23.6. The van der Waals surface area contributed by atoms with Gasteiger partial charge in [-0.1, -0.05) is 23.4 Å². The SMILES string of the molecule is N/C(=N\O)c1c(CCc2ccc(F)cc2)nc2c(c1-c1ccc(C(=O)NCc3ccc(F)c(F)c3)s1)C(=O)N1CCC[C@@H]21. The van der Waals surface area contributed by atoms with Gasteiger partial charge < -0.3 is 21.2 Å². The third-order valence-corrected chi connectivity index (χ3v) is 8.89. The fourth-order valence-electron chi connectivity index (χ4n) is 5.73. The number of amidine groups is 1. The van der Waals surface area contributed by atoms with Crippen LogP contribution in [0.4, 0.5) is 13.2 Å². The van der Waals surface area contributed by atoms with Gasteiger partial charge in [-0.05, 0) is 73.2 Å². The molecule has 43 heavy (non-hydrogen) atoms. The quantitative estimate of drug-likeness (QED) is 0.109. The minimum absolute atomic E-state index is 0.0219. The molecule has 12 heteroatoms. The molecule has 0 radical (unpaired) electrons. The van der Waals surface area contributed by atoms with Crippen molar-refractivity contribution in [3.63, 3.8) is 0 Å². The molecular formula is C31H26F3N5O3S. The first-order chi connectivity index (χ1) is 20.7. The number of nitrogens with one attached hydrogen (secondary N) is 1. The largest absolute Gasteiger partial charge is 0.409 e. The van der Waals surface area contributed by atoms with E-state index < -0.39 is 17.5 Å². The molecule has 1 atom stereocenters. The lowest BCUT2D eigenvalue weighted by Gasteiger charge is -2.17. The number of hydrogen-bond acceptors (Lipinski definition) is 6. The molecule has 0 bridgehead atoms. The summed E-state index contributed by atoms with van der Waals surface area (Å²) < 4.78 is 40.4. The Bertz CT molecular complexity index is 1770. The van der Waals surface area contributed by atoms with E-state index in [2.05, 4.69) is 10.5 Å². The molecule has 0 aliphatic carbocycles. The Morgan fingerprint density at radius 3 is 2.56 bits per heavy atom. The number of oxime groups is 1. The topological polar surface area (TPSA) is 121 Å². The number of fused-ring (bicyclic) bond motifs is 3. The van der Waals surface area contributed by atoms with Gasteiger partial charge in [0.15, 0.2) is 17.5 Å². The van der Waals surface area contributed by atoms with Crippen LogP contribution in [0.25, 0.3) is 10.4 Å². The van der Waals surface area contributed by atoms with Crippen LogP contribution in [0.2, 0.25) is 0 Å². The van der Waals surface area contributed by atoms with Gasteiger partial charge in [0.2, 0.25) is 0 Å². The maximum absolute atomic E-state index is 13.7. The van der Waals surface area contributed by atoms with Gasteiger partial charge in [-0.25, -0.2) is 13.2 Å². The second kappa shape index (κ2) is 11.5. The van der Waals surface area contributed by atoms with E-state index in [-0.39, 0.29) is 30.1 Å². The highest BCUT2D eigenvalue weighted by Crippen LogP contribution is 2.46. The summed E-state index contributed by atoms with van der Waals surface area (Å²) in [7, 11) is 0. The Morgan fingerprint density at radius 2 is 1.81 bits per heavy atom.